The topological polar surface area (TPSA) is 80.9 Å². The Kier molecular flexibility index (Phi) is 3.59. The molecule has 0 spiro atoms. The third kappa shape index (κ3) is 3.38. The van der Waals surface area contributed by atoms with Gasteiger partial charge in [0.1, 0.15) is 5.15 Å². The van der Waals surface area contributed by atoms with Gasteiger partial charge in [0.25, 0.3) is 0 Å². The summed E-state index contributed by atoms with van der Waals surface area (Å²) in [7, 11) is 0. The van der Waals surface area contributed by atoms with Gasteiger partial charge in [0, 0.05) is 18.2 Å². The molecule has 1 aromatic rings. The van der Waals surface area contributed by atoms with Crippen LogP contribution in [0.25, 0.3) is 0 Å². The molecular weight excluding hydrogens is 240 g/mol. The molecule has 0 aliphatic heterocycles. The number of nitrogens with one attached hydrogen (secondary N) is 1. The van der Waals surface area contributed by atoms with E-state index in [1.54, 1.807) is 6.07 Å². The van der Waals surface area contributed by atoms with Crippen molar-refractivity contribution in [1.29, 1.82) is 0 Å². The first-order valence-corrected chi connectivity index (χ1v) is 6.02. The predicted molar refractivity (Wildman–Crippen MR) is 65.7 cm³/mol. The Bertz CT molecular complexity index is 418. The van der Waals surface area contributed by atoms with Gasteiger partial charge in [-0.15, -0.1) is 0 Å². The van der Waals surface area contributed by atoms with Crippen molar-refractivity contribution in [3.63, 3.8) is 0 Å². The zero-order valence-corrected chi connectivity index (χ0v) is 10.2. The maximum atomic E-state index is 11.8. The van der Waals surface area contributed by atoms with Crippen molar-refractivity contribution in [1.82, 2.24) is 9.97 Å². The Morgan fingerprint density at radius 1 is 1.53 bits per heavy atom. The van der Waals surface area contributed by atoms with Crippen LogP contribution in [0.15, 0.2) is 12.3 Å². The monoisotopic (exact) mass is 254 g/mol. The standard InChI is InChI=1S/C11H15ClN4O/c12-8-3-6-14-10(15-8)16-9(17)7-11(13)4-1-2-5-11/h3,6H,1-2,4-5,7,13H2,(H,14,15,16,17). The summed E-state index contributed by atoms with van der Waals surface area (Å²) in [6.45, 7) is 0. The fourth-order valence-corrected chi connectivity index (χ4v) is 2.28. The second-order valence-electron chi connectivity index (χ2n) is 4.50. The van der Waals surface area contributed by atoms with Crippen molar-refractivity contribution in [2.24, 2.45) is 5.73 Å². The number of anilines is 1. The average molecular weight is 255 g/mol. The SMILES string of the molecule is NC1(CC(=O)Nc2nccc(Cl)n2)CCCC1. The number of rotatable bonds is 3. The van der Waals surface area contributed by atoms with E-state index in [1.165, 1.54) is 6.20 Å². The van der Waals surface area contributed by atoms with Crippen LogP contribution >= 0.6 is 11.6 Å². The summed E-state index contributed by atoms with van der Waals surface area (Å²) in [4.78, 5) is 19.6. The first-order chi connectivity index (χ1) is 8.07. The van der Waals surface area contributed by atoms with E-state index in [4.69, 9.17) is 17.3 Å². The lowest BCUT2D eigenvalue weighted by Crippen LogP contribution is -2.40. The molecule has 5 nitrogen and oxygen atoms in total. The van der Waals surface area contributed by atoms with Gasteiger partial charge in [-0.3, -0.25) is 10.1 Å². The molecule has 1 aliphatic rings. The first kappa shape index (κ1) is 12.3. The number of hydrogen-bond donors (Lipinski definition) is 2. The minimum atomic E-state index is -0.358. The number of nitrogens with zero attached hydrogens (tertiary/aromatic N) is 2. The molecular formula is C11H15ClN4O. The molecule has 0 atom stereocenters. The van der Waals surface area contributed by atoms with Gasteiger partial charge < -0.3 is 5.73 Å². The van der Waals surface area contributed by atoms with Gasteiger partial charge in [-0.1, -0.05) is 24.4 Å². The Labute approximate surface area is 105 Å². The van der Waals surface area contributed by atoms with Crippen molar-refractivity contribution in [3.05, 3.63) is 17.4 Å². The van der Waals surface area contributed by atoms with Gasteiger partial charge >= 0.3 is 0 Å². The van der Waals surface area contributed by atoms with E-state index in [2.05, 4.69) is 15.3 Å². The molecule has 3 N–H and O–H groups in total. The zero-order valence-electron chi connectivity index (χ0n) is 9.45. The van der Waals surface area contributed by atoms with E-state index in [1.807, 2.05) is 0 Å². The average Bonchev–Trinajstić information content (AvgIpc) is 2.64. The third-order valence-corrected chi connectivity index (χ3v) is 3.20. The molecule has 1 saturated carbocycles. The highest BCUT2D eigenvalue weighted by Gasteiger charge is 2.31. The normalized spacial score (nSPS) is 18.0. The number of hydrogen-bond acceptors (Lipinski definition) is 4. The van der Waals surface area contributed by atoms with Crippen molar-refractivity contribution >= 4 is 23.5 Å². The summed E-state index contributed by atoms with van der Waals surface area (Å²) in [5.74, 6) is 0.0702. The minimum absolute atomic E-state index is 0.156. The van der Waals surface area contributed by atoms with E-state index >= 15 is 0 Å². The lowest BCUT2D eigenvalue weighted by Gasteiger charge is -2.22. The largest absolute Gasteiger partial charge is 0.325 e. The van der Waals surface area contributed by atoms with Crippen molar-refractivity contribution < 1.29 is 4.79 Å². The number of carbonyl (C=O) groups excluding carboxylic acids is 1. The predicted octanol–water partition coefficient (Wildman–Crippen LogP) is 1.73. The van der Waals surface area contributed by atoms with E-state index in [0.29, 0.717) is 11.6 Å². The number of amides is 1. The molecule has 0 aromatic carbocycles. The van der Waals surface area contributed by atoms with E-state index in [-0.39, 0.29) is 17.4 Å². The van der Waals surface area contributed by atoms with Crippen molar-refractivity contribution in [2.45, 2.75) is 37.6 Å². The van der Waals surface area contributed by atoms with E-state index < -0.39 is 0 Å². The maximum absolute atomic E-state index is 11.8. The van der Waals surface area contributed by atoms with Gasteiger partial charge in [-0.2, -0.15) is 0 Å². The van der Waals surface area contributed by atoms with Gasteiger partial charge in [0.15, 0.2) is 0 Å². The molecule has 1 aliphatic carbocycles. The molecule has 1 heterocycles. The Hall–Kier alpha value is -1.20. The summed E-state index contributed by atoms with van der Waals surface area (Å²) in [6, 6.07) is 1.55. The minimum Gasteiger partial charge on any atom is -0.325 e. The Morgan fingerprint density at radius 3 is 2.88 bits per heavy atom. The summed E-state index contributed by atoms with van der Waals surface area (Å²) in [5.41, 5.74) is 5.76. The highest BCUT2D eigenvalue weighted by Crippen LogP contribution is 2.30. The molecule has 0 radical (unpaired) electrons. The summed E-state index contributed by atoms with van der Waals surface area (Å²) < 4.78 is 0. The van der Waals surface area contributed by atoms with Crippen LogP contribution in [0.4, 0.5) is 5.95 Å². The molecule has 1 fully saturated rings. The molecule has 0 saturated heterocycles. The molecule has 17 heavy (non-hydrogen) atoms. The zero-order chi connectivity index (χ0) is 12.3. The summed E-state index contributed by atoms with van der Waals surface area (Å²) in [5, 5.41) is 2.91. The molecule has 2 rings (SSSR count). The van der Waals surface area contributed by atoms with Crippen LogP contribution in [-0.2, 0) is 4.79 Å². The van der Waals surface area contributed by atoms with Gasteiger partial charge in [-0.05, 0) is 18.9 Å². The quantitative estimate of drug-likeness (QED) is 0.805. The lowest BCUT2D eigenvalue weighted by molar-refractivity contribution is -0.117. The maximum Gasteiger partial charge on any atom is 0.230 e. The molecule has 0 unspecified atom stereocenters. The van der Waals surface area contributed by atoms with Gasteiger partial charge in [0.05, 0.1) is 0 Å². The van der Waals surface area contributed by atoms with Crippen LogP contribution in [0.5, 0.6) is 0 Å². The lowest BCUT2D eigenvalue weighted by atomic mass is 9.94. The summed E-state index contributed by atoms with van der Waals surface area (Å²) in [6.07, 6.45) is 5.80. The van der Waals surface area contributed by atoms with Crippen LogP contribution in [0.1, 0.15) is 32.1 Å². The van der Waals surface area contributed by atoms with Crippen molar-refractivity contribution in [2.75, 3.05) is 5.32 Å². The smallest absolute Gasteiger partial charge is 0.230 e. The fourth-order valence-electron chi connectivity index (χ4n) is 2.14. The van der Waals surface area contributed by atoms with Crippen LogP contribution in [-0.4, -0.2) is 21.4 Å². The van der Waals surface area contributed by atoms with E-state index in [9.17, 15) is 4.79 Å². The highest BCUT2D eigenvalue weighted by atomic mass is 35.5. The van der Waals surface area contributed by atoms with Crippen LogP contribution in [0.3, 0.4) is 0 Å². The number of carbonyl (C=O) groups is 1. The summed E-state index contributed by atoms with van der Waals surface area (Å²) >= 11 is 5.70. The van der Waals surface area contributed by atoms with Crippen LogP contribution in [0, 0.1) is 0 Å². The second-order valence-corrected chi connectivity index (χ2v) is 4.88. The van der Waals surface area contributed by atoms with Crippen molar-refractivity contribution in [3.8, 4) is 0 Å². The van der Waals surface area contributed by atoms with E-state index in [0.717, 1.165) is 25.7 Å². The Morgan fingerprint density at radius 2 is 2.24 bits per heavy atom. The van der Waals surface area contributed by atoms with Crippen LogP contribution < -0.4 is 11.1 Å². The fraction of sp³-hybridized carbons (Fsp3) is 0.545. The third-order valence-electron chi connectivity index (χ3n) is 2.98. The molecule has 0 bridgehead atoms. The number of halogens is 1. The van der Waals surface area contributed by atoms with Gasteiger partial charge in [-0.25, -0.2) is 9.97 Å². The Balaban J connectivity index is 1.93. The molecule has 92 valence electrons. The molecule has 1 amide bonds. The second kappa shape index (κ2) is 4.98. The van der Waals surface area contributed by atoms with Crippen LogP contribution in [0.2, 0.25) is 5.15 Å². The number of aromatic nitrogens is 2. The molecule has 1 aromatic heterocycles. The van der Waals surface area contributed by atoms with Gasteiger partial charge in [0.2, 0.25) is 11.9 Å². The highest BCUT2D eigenvalue weighted by molar-refractivity contribution is 6.29. The molecule has 6 heteroatoms. The first-order valence-electron chi connectivity index (χ1n) is 5.65. The number of nitrogens with two attached hydrogens (primary N) is 1.